The van der Waals surface area contributed by atoms with Crippen LogP contribution in [0.4, 0.5) is 13.2 Å². The van der Waals surface area contributed by atoms with Gasteiger partial charge in [0.25, 0.3) is 0 Å². The Morgan fingerprint density at radius 1 is 1.44 bits per heavy atom. The quantitative estimate of drug-likeness (QED) is 0.708. The molecule has 0 bridgehead atoms. The fraction of sp³-hybridized carbons (Fsp3) is 0.615. The van der Waals surface area contributed by atoms with Gasteiger partial charge in [-0.1, -0.05) is 18.2 Å². The third-order valence-corrected chi connectivity index (χ3v) is 3.60. The molecule has 2 unspecified atom stereocenters. The summed E-state index contributed by atoms with van der Waals surface area (Å²) in [5.41, 5.74) is -0.616. The van der Waals surface area contributed by atoms with Crippen LogP contribution >= 0.6 is 0 Å². The fourth-order valence-corrected chi connectivity index (χ4v) is 2.53. The van der Waals surface area contributed by atoms with Gasteiger partial charge in [-0.05, 0) is 26.2 Å². The van der Waals surface area contributed by atoms with Crippen LogP contribution in [0.3, 0.4) is 0 Å². The normalized spacial score (nSPS) is 28.4. The van der Waals surface area contributed by atoms with E-state index in [0.717, 1.165) is 18.9 Å². The van der Waals surface area contributed by atoms with Gasteiger partial charge in [-0.3, -0.25) is 4.79 Å². The average molecular weight is 259 g/mol. The lowest BCUT2D eigenvalue weighted by Crippen LogP contribution is -2.38. The fourth-order valence-electron chi connectivity index (χ4n) is 2.53. The van der Waals surface area contributed by atoms with Crippen molar-refractivity contribution in [3.63, 3.8) is 0 Å². The van der Waals surface area contributed by atoms with Gasteiger partial charge >= 0.3 is 6.18 Å². The Bertz CT molecular complexity index is 398. The van der Waals surface area contributed by atoms with Gasteiger partial charge in [0, 0.05) is 18.2 Å². The predicted molar refractivity (Wildman–Crippen MR) is 61.8 cm³/mol. The molecule has 2 atom stereocenters. The monoisotopic (exact) mass is 259 g/mol. The Balaban J connectivity index is 2.06. The maximum atomic E-state index is 12.6. The van der Waals surface area contributed by atoms with E-state index in [-0.39, 0.29) is 18.4 Å². The van der Waals surface area contributed by atoms with Crippen LogP contribution in [0, 0.1) is 5.92 Å². The molecule has 0 saturated carbocycles. The average Bonchev–Trinajstić information content (AvgIpc) is 2.73. The van der Waals surface area contributed by atoms with Crippen LogP contribution in [0.1, 0.15) is 26.2 Å². The summed E-state index contributed by atoms with van der Waals surface area (Å²) in [7, 11) is 0. The number of carbonyl (C=O) groups is 1. The molecule has 100 valence electrons. The summed E-state index contributed by atoms with van der Waals surface area (Å²) in [5.74, 6) is -0.835. The van der Waals surface area contributed by atoms with E-state index >= 15 is 0 Å². The number of likely N-dealkylation sites (tertiary alicyclic amines) is 1. The van der Waals surface area contributed by atoms with Crippen molar-refractivity contribution in [2.45, 2.75) is 38.4 Å². The van der Waals surface area contributed by atoms with Gasteiger partial charge in [0.05, 0.1) is 5.92 Å². The Morgan fingerprint density at radius 3 is 2.72 bits per heavy atom. The maximum absolute atomic E-state index is 12.6. The zero-order valence-electron chi connectivity index (χ0n) is 10.2. The molecule has 1 heterocycles. The molecule has 0 N–H and O–H groups in total. The lowest BCUT2D eigenvalue weighted by Gasteiger charge is -2.27. The summed E-state index contributed by atoms with van der Waals surface area (Å²) >= 11 is 0. The SMILES string of the molecule is CC1CCCN1C(=O)C1C=CC=C(C(F)(F)F)C1. The minimum Gasteiger partial charge on any atom is -0.339 e. The Kier molecular flexibility index (Phi) is 3.50. The number of alkyl halides is 3. The van der Waals surface area contributed by atoms with E-state index in [1.165, 1.54) is 6.08 Å². The summed E-state index contributed by atoms with van der Waals surface area (Å²) < 4.78 is 37.8. The lowest BCUT2D eigenvalue weighted by molar-refractivity contribution is -0.135. The van der Waals surface area contributed by atoms with E-state index in [0.29, 0.717) is 6.54 Å². The van der Waals surface area contributed by atoms with Crippen LogP contribution in [0.25, 0.3) is 0 Å². The van der Waals surface area contributed by atoms with Crippen LogP contribution in [-0.2, 0) is 4.79 Å². The van der Waals surface area contributed by atoms with Crippen LogP contribution in [0.5, 0.6) is 0 Å². The van der Waals surface area contributed by atoms with Crippen molar-refractivity contribution in [3.8, 4) is 0 Å². The number of allylic oxidation sites excluding steroid dienone is 3. The van der Waals surface area contributed by atoms with E-state index in [2.05, 4.69) is 0 Å². The third-order valence-electron chi connectivity index (χ3n) is 3.60. The van der Waals surface area contributed by atoms with Gasteiger partial charge in [0.15, 0.2) is 0 Å². The summed E-state index contributed by atoms with van der Waals surface area (Å²) in [6, 6.07) is 0.145. The molecule has 0 radical (unpaired) electrons. The van der Waals surface area contributed by atoms with Crippen molar-refractivity contribution in [1.29, 1.82) is 0 Å². The zero-order valence-corrected chi connectivity index (χ0v) is 10.2. The number of carbonyl (C=O) groups excluding carboxylic acids is 1. The van der Waals surface area contributed by atoms with Gasteiger partial charge in [-0.15, -0.1) is 0 Å². The predicted octanol–water partition coefficient (Wildman–Crippen LogP) is 3.06. The topological polar surface area (TPSA) is 20.3 Å². The van der Waals surface area contributed by atoms with Gasteiger partial charge in [-0.25, -0.2) is 0 Å². The van der Waals surface area contributed by atoms with E-state index in [9.17, 15) is 18.0 Å². The van der Waals surface area contributed by atoms with Crippen molar-refractivity contribution in [2.75, 3.05) is 6.54 Å². The molecule has 1 saturated heterocycles. The Hall–Kier alpha value is -1.26. The molecule has 0 aromatic rings. The van der Waals surface area contributed by atoms with Gasteiger partial charge in [0.2, 0.25) is 5.91 Å². The van der Waals surface area contributed by atoms with Crippen molar-refractivity contribution >= 4 is 5.91 Å². The van der Waals surface area contributed by atoms with E-state index in [1.54, 1.807) is 11.0 Å². The van der Waals surface area contributed by atoms with Gasteiger partial charge in [-0.2, -0.15) is 13.2 Å². The minimum atomic E-state index is -4.33. The first-order chi connectivity index (χ1) is 8.39. The highest BCUT2D eigenvalue weighted by molar-refractivity contribution is 5.82. The summed E-state index contributed by atoms with van der Waals surface area (Å²) in [6.45, 7) is 2.60. The van der Waals surface area contributed by atoms with Gasteiger partial charge < -0.3 is 4.90 Å². The molecule has 2 aliphatic rings. The van der Waals surface area contributed by atoms with Crippen molar-refractivity contribution in [3.05, 3.63) is 23.8 Å². The molecule has 2 nitrogen and oxygen atoms in total. The molecule has 1 fully saturated rings. The van der Waals surface area contributed by atoms with Crippen LogP contribution in [0.2, 0.25) is 0 Å². The molecule has 1 aliphatic carbocycles. The highest BCUT2D eigenvalue weighted by Crippen LogP contribution is 2.34. The molecule has 5 heteroatoms. The standard InChI is InChI=1S/C13H16F3NO/c1-9-4-3-7-17(9)12(18)10-5-2-6-11(8-10)13(14,15)16/h2,5-6,9-10H,3-4,7-8H2,1H3. The molecule has 2 rings (SSSR count). The number of hydrogen-bond donors (Lipinski definition) is 0. The first-order valence-electron chi connectivity index (χ1n) is 6.14. The second-order valence-corrected chi connectivity index (χ2v) is 4.91. The van der Waals surface area contributed by atoms with Crippen molar-refractivity contribution in [2.24, 2.45) is 5.92 Å². The first kappa shape index (κ1) is 13.2. The molecule has 0 aromatic carbocycles. The highest BCUT2D eigenvalue weighted by atomic mass is 19.4. The number of amides is 1. The van der Waals surface area contributed by atoms with Crippen LogP contribution in [0.15, 0.2) is 23.8 Å². The zero-order chi connectivity index (χ0) is 13.3. The Labute approximate surface area is 104 Å². The molecule has 18 heavy (non-hydrogen) atoms. The third kappa shape index (κ3) is 2.60. The number of nitrogens with zero attached hydrogens (tertiary/aromatic N) is 1. The highest BCUT2D eigenvalue weighted by Gasteiger charge is 2.38. The summed E-state index contributed by atoms with van der Waals surface area (Å²) in [6.07, 6.45) is 1.27. The maximum Gasteiger partial charge on any atom is 0.412 e. The summed E-state index contributed by atoms with van der Waals surface area (Å²) in [5, 5.41) is 0. The number of halogens is 3. The molecule has 1 amide bonds. The van der Waals surface area contributed by atoms with Crippen LogP contribution in [-0.4, -0.2) is 29.6 Å². The lowest BCUT2D eigenvalue weighted by atomic mass is 9.92. The molecule has 1 aliphatic heterocycles. The van der Waals surface area contributed by atoms with E-state index < -0.39 is 17.7 Å². The van der Waals surface area contributed by atoms with Crippen molar-refractivity contribution in [1.82, 2.24) is 4.90 Å². The molecular formula is C13H16F3NO. The first-order valence-corrected chi connectivity index (χ1v) is 6.14. The second kappa shape index (κ2) is 4.78. The number of hydrogen-bond acceptors (Lipinski definition) is 1. The van der Waals surface area contributed by atoms with Gasteiger partial charge in [0.1, 0.15) is 0 Å². The van der Waals surface area contributed by atoms with E-state index in [1.807, 2.05) is 6.92 Å². The molecular weight excluding hydrogens is 243 g/mol. The number of rotatable bonds is 1. The minimum absolute atomic E-state index is 0.145. The molecule has 0 spiro atoms. The van der Waals surface area contributed by atoms with E-state index in [4.69, 9.17) is 0 Å². The molecule has 0 aromatic heterocycles. The summed E-state index contributed by atoms with van der Waals surface area (Å²) in [4.78, 5) is 13.9. The Morgan fingerprint density at radius 2 is 2.17 bits per heavy atom. The largest absolute Gasteiger partial charge is 0.412 e. The smallest absolute Gasteiger partial charge is 0.339 e. The van der Waals surface area contributed by atoms with Crippen LogP contribution < -0.4 is 0 Å². The second-order valence-electron chi connectivity index (χ2n) is 4.91. The van der Waals surface area contributed by atoms with Crippen molar-refractivity contribution < 1.29 is 18.0 Å².